The minimum atomic E-state index is -0.0799. The summed E-state index contributed by atoms with van der Waals surface area (Å²) < 4.78 is 0. The summed E-state index contributed by atoms with van der Waals surface area (Å²) in [4.78, 5) is 9.46. The zero-order valence-electron chi connectivity index (χ0n) is 6.87. The van der Waals surface area contributed by atoms with Crippen LogP contribution in [-0.4, -0.2) is 22.8 Å². The summed E-state index contributed by atoms with van der Waals surface area (Å²) in [6.07, 6.45) is -0.160. The van der Waals surface area contributed by atoms with Gasteiger partial charge < -0.3 is 0 Å². The van der Waals surface area contributed by atoms with Crippen molar-refractivity contribution in [2.75, 3.05) is 0 Å². The third-order valence-corrected chi connectivity index (χ3v) is 0.602. The van der Waals surface area contributed by atoms with E-state index in [4.69, 9.17) is 14.9 Å². The monoisotopic (exact) mass is 149 g/mol. The molecule has 0 aliphatic carbocycles. The van der Waals surface area contributed by atoms with E-state index in [0.29, 0.717) is 5.39 Å². The molecule has 0 aromatic heterocycles. The standard InChI is InChI=1S/C6H15NO3/c1-5(2)9-7(8)10-6(3)4/h5-6,8H,1-4H3. The van der Waals surface area contributed by atoms with E-state index in [2.05, 4.69) is 0 Å². The van der Waals surface area contributed by atoms with Gasteiger partial charge in [0.25, 0.3) is 0 Å². The highest BCUT2D eigenvalue weighted by molar-refractivity contribution is 4.29. The maximum atomic E-state index is 8.78. The van der Waals surface area contributed by atoms with Crippen LogP contribution < -0.4 is 0 Å². The van der Waals surface area contributed by atoms with Gasteiger partial charge in [0.05, 0.1) is 17.6 Å². The van der Waals surface area contributed by atoms with Crippen LogP contribution in [0, 0.1) is 0 Å². The zero-order valence-corrected chi connectivity index (χ0v) is 6.87. The minimum absolute atomic E-state index is 0.0799. The average Bonchev–Trinajstić information content (AvgIpc) is 1.58. The molecule has 0 radical (unpaired) electrons. The molecule has 0 saturated carbocycles. The van der Waals surface area contributed by atoms with Gasteiger partial charge in [0.1, 0.15) is 0 Å². The minimum Gasteiger partial charge on any atom is -0.266 e. The lowest BCUT2D eigenvalue weighted by molar-refractivity contribution is -0.527. The van der Waals surface area contributed by atoms with E-state index in [1.165, 1.54) is 0 Å². The maximum Gasteiger partial charge on any atom is 0.0788 e. The molecule has 10 heavy (non-hydrogen) atoms. The van der Waals surface area contributed by atoms with Crippen molar-refractivity contribution in [2.24, 2.45) is 0 Å². The van der Waals surface area contributed by atoms with Gasteiger partial charge in [0.15, 0.2) is 0 Å². The smallest absolute Gasteiger partial charge is 0.0788 e. The number of hydrogen-bond acceptors (Lipinski definition) is 4. The average molecular weight is 149 g/mol. The van der Waals surface area contributed by atoms with E-state index in [1.54, 1.807) is 27.7 Å². The molecule has 0 atom stereocenters. The van der Waals surface area contributed by atoms with Crippen LogP contribution in [0.3, 0.4) is 0 Å². The fourth-order valence-corrected chi connectivity index (χ4v) is 0.386. The predicted octanol–water partition coefficient (Wildman–Crippen LogP) is 1.36. The molecule has 0 aromatic rings. The summed E-state index contributed by atoms with van der Waals surface area (Å²) in [6.45, 7) is 7.19. The molecule has 0 heterocycles. The lowest BCUT2D eigenvalue weighted by Crippen LogP contribution is -2.27. The van der Waals surface area contributed by atoms with Crippen molar-refractivity contribution in [1.82, 2.24) is 5.39 Å². The van der Waals surface area contributed by atoms with Crippen molar-refractivity contribution in [3.05, 3.63) is 0 Å². The van der Waals surface area contributed by atoms with Gasteiger partial charge in [-0.2, -0.15) is 0 Å². The van der Waals surface area contributed by atoms with E-state index in [1.807, 2.05) is 0 Å². The van der Waals surface area contributed by atoms with Crippen molar-refractivity contribution in [1.29, 1.82) is 0 Å². The normalized spacial score (nSPS) is 12.0. The first-order valence-electron chi connectivity index (χ1n) is 3.35. The van der Waals surface area contributed by atoms with Crippen LogP contribution in [0.15, 0.2) is 0 Å². The second-order valence-electron chi connectivity index (χ2n) is 2.55. The van der Waals surface area contributed by atoms with Gasteiger partial charge in [-0.1, -0.05) is 0 Å². The van der Waals surface area contributed by atoms with E-state index in [0.717, 1.165) is 0 Å². The van der Waals surface area contributed by atoms with Gasteiger partial charge in [0.2, 0.25) is 0 Å². The molecule has 4 nitrogen and oxygen atoms in total. The first kappa shape index (κ1) is 9.84. The van der Waals surface area contributed by atoms with E-state index >= 15 is 0 Å². The quantitative estimate of drug-likeness (QED) is 0.613. The summed E-state index contributed by atoms with van der Waals surface area (Å²) in [6, 6.07) is 0. The maximum absolute atomic E-state index is 8.78. The lowest BCUT2D eigenvalue weighted by atomic mass is 10.5. The Balaban J connectivity index is 3.34. The molecule has 4 heteroatoms. The van der Waals surface area contributed by atoms with Gasteiger partial charge in [-0.3, -0.25) is 5.21 Å². The SMILES string of the molecule is CC(C)ON(O)OC(C)C. The first-order valence-corrected chi connectivity index (χ1v) is 3.35. The number of hydrogen-bond donors (Lipinski definition) is 1. The van der Waals surface area contributed by atoms with Gasteiger partial charge >= 0.3 is 0 Å². The number of rotatable bonds is 4. The van der Waals surface area contributed by atoms with Crippen molar-refractivity contribution < 1.29 is 14.9 Å². The van der Waals surface area contributed by atoms with Crippen molar-refractivity contribution in [2.45, 2.75) is 39.9 Å². The summed E-state index contributed by atoms with van der Waals surface area (Å²) in [5.74, 6) is 0. The Hall–Kier alpha value is -0.160. The second-order valence-corrected chi connectivity index (χ2v) is 2.55. The summed E-state index contributed by atoms with van der Waals surface area (Å²) >= 11 is 0. The molecule has 0 fully saturated rings. The summed E-state index contributed by atoms with van der Waals surface area (Å²) in [5, 5.41) is 9.18. The third-order valence-electron chi connectivity index (χ3n) is 0.602. The van der Waals surface area contributed by atoms with Gasteiger partial charge in [-0.05, 0) is 27.7 Å². The largest absolute Gasteiger partial charge is 0.266 e. The fourth-order valence-electron chi connectivity index (χ4n) is 0.386. The second kappa shape index (κ2) is 4.62. The molecule has 0 amide bonds. The van der Waals surface area contributed by atoms with Gasteiger partial charge in [-0.25, -0.2) is 9.68 Å². The van der Waals surface area contributed by atoms with Crippen LogP contribution in [0.5, 0.6) is 0 Å². The highest BCUT2D eigenvalue weighted by Gasteiger charge is 2.05. The van der Waals surface area contributed by atoms with Crippen LogP contribution in [0.4, 0.5) is 0 Å². The summed E-state index contributed by atoms with van der Waals surface area (Å²) in [7, 11) is 0. The Morgan fingerprint density at radius 3 is 1.50 bits per heavy atom. The first-order chi connectivity index (χ1) is 4.52. The molecular weight excluding hydrogens is 134 g/mol. The summed E-state index contributed by atoms with van der Waals surface area (Å²) in [5.41, 5.74) is 0. The molecular formula is C6H15NO3. The molecule has 0 aromatic carbocycles. The van der Waals surface area contributed by atoms with Crippen LogP contribution in [0.1, 0.15) is 27.7 Å². The van der Waals surface area contributed by atoms with E-state index in [-0.39, 0.29) is 12.2 Å². The third kappa shape index (κ3) is 5.97. The van der Waals surface area contributed by atoms with Crippen LogP contribution in [0.25, 0.3) is 0 Å². The van der Waals surface area contributed by atoms with Crippen LogP contribution in [0.2, 0.25) is 0 Å². The molecule has 1 N–H and O–H groups in total. The van der Waals surface area contributed by atoms with Crippen molar-refractivity contribution in [3.8, 4) is 0 Å². The van der Waals surface area contributed by atoms with E-state index < -0.39 is 0 Å². The number of nitrogens with zero attached hydrogens (tertiary/aromatic N) is 1. The molecule has 0 aliphatic heterocycles. The Bertz CT molecular complexity index is 75.1. The topological polar surface area (TPSA) is 41.9 Å². The molecule has 0 saturated heterocycles. The lowest BCUT2D eigenvalue weighted by Gasteiger charge is -2.17. The predicted molar refractivity (Wildman–Crippen MR) is 36.1 cm³/mol. The Kier molecular flexibility index (Phi) is 4.55. The Morgan fingerprint density at radius 2 is 1.30 bits per heavy atom. The molecule has 0 unspecified atom stereocenters. The molecule has 0 aliphatic rings. The highest BCUT2D eigenvalue weighted by Crippen LogP contribution is 1.97. The van der Waals surface area contributed by atoms with Gasteiger partial charge in [-0.15, -0.1) is 0 Å². The Morgan fingerprint density at radius 1 is 1.00 bits per heavy atom. The highest BCUT2D eigenvalue weighted by atomic mass is 17.1. The molecule has 62 valence electrons. The molecule has 0 spiro atoms. The molecule has 0 bridgehead atoms. The van der Waals surface area contributed by atoms with Crippen molar-refractivity contribution in [3.63, 3.8) is 0 Å². The molecule has 0 rings (SSSR count). The van der Waals surface area contributed by atoms with Gasteiger partial charge in [0, 0.05) is 0 Å². The van der Waals surface area contributed by atoms with Crippen LogP contribution in [-0.2, 0) is 9.68 Å². The zero-order chi connectivity index (χ0) is 8.15. The van der Waals surface area contributed by atoms with Crippen molar-refractivity contribution >= 4 is 0 Å². The fraction of sp³-hybridized carbons (Fsp3) is 1.00. The Labute approximate surface area is 61.2 Å². The van der Waals surface area contributed by atoms with Crippen LogP contribution >= 0.6 is 0 Å². The van der Waals surface area contributed by atoms with E-state index in [9.17, 15) is 0 Å².